The van der Waals surface area contributed by atoms with Crippen LogP contribution in [0.2, 0.25) is 0 Å². The number of nitrogens with zero attached hydrogens (tertiary/aromatic N) is 3. The molecule has 0 radical (unpaired) electrons. The number of nitro groups is 1. The summed E-state index contributed by atoms with van der Waals surface area (Å²) in [5, 5.41) is 14.1. The normalized spacial score (nSPS) is 10.5. The molecule has 7 nitrogen and oxygen atoms in total. The van der Waals surface area contributed by atoms with Gasteiger partial charge in [-0.25, -0.2) is 0 Å². The van der Waals surface area contributed by atoms with Crippen LogP contribution in [0.4, 0.5) is 11.4 Å². The van der Waals surface area contributed by atoms with E-state index < -0.39 is 4.92 Å². The lowest BCUT2D eigenvalue weighted by Crippen LogP contribution is -2.34. The Hall–Kier alpha value is -2.15. The Morgan fingerprint density at radius 1 is 1.33 bits per heavy atom. The molecule has 0 aromatic heterocycles. The fourth-order valence-electron chi connectivity index (χ4n) is 1.97. The smallest absolute Gasteiger partial charge is 0.292 e. The molecule has 7 heteroatoms. The summed E-state index contributed by atoms with van der Waals surface area (Å²) in [5.41, 5.74) is 1.39. The third-order valence-corrected chi connectivity index (χ3v) is 3.02. The molecule has 0 spiro atoms. The van der Waals surface area contributed by atoms with E-state index in [2.05, 4.69) is 5.32 Å². The summed E-state index contributed by atoms with van der Waals surface area (Å²) in [6.07, 6.45) is 0. The van der Waals surface area contributed by atoms with E-state index in [4.69, 9.17) is 0 Å². The molecule has 1 aromatic rings. The standard InChI is InChI=1S/C14H22N4O3/c1-5-15-14-11(7-6-8-12(14)18(20)21)9-17(4)10-13(19)16(2)3/h6-8,15H,5,9-10H2,1-4H3. The van der Waals surface area contributed by atoms with Gasteiger partial charge < -0.3 is 10.2 Å². The first kappa shape index (κ1) is 16.9. The number of hydrogen-bond donors (Lipinski definition) is 1. The van der Waals surface area contributed by atoms with Crippen LogP contribution >= 0.6 is 0 Å². The Morgan fingerprint density at radius 2 is 2.00 bits per heavy atom. The molecule has 0 atom stereocenters. The number of anilines is 1. The van der Waals surface area contributed by atoms with Gasteiger partial charge in [-0.3, -0.25) is 19.8 Å². The minimum Gasteiger partial charge on any atom is -0.380 e. The Labute approximate surface area is 124 Å². The van der Waals surface area contributed by atoms with E-state index in [-0.39, 0.29) is 18.1 Å². The van der Waals surface area contributed by atoms with Gasteiger partial charge in [0.2, 0.25) is 5.91 Å². The predicted molar refractivity (Wildman–Crippen MR) is 82.3 cm³/mol. The van der Waals surface area contributed by atoms with Gasteiger partial charge in [0.15, 0.2) is 0 Å². The van der Waals surface area contributed by atoms with Crippen LogP contribution in [0.15, 0.2) is 18.2 Å². The molecule has 0 saturated carbocycles. The zero-order chi connectivity index (χ0) is 16.0. The molecule has 21 heavy (non-hydrogen) atoms. The lowest BCUT2D eigenvalue weighted by atomic mass is 10.1. The highest BCUT2D eigenvalue weighted by atomic mass is 16.6. The minimum atomic E-state index is -0.396. The van der Waals surface area contributed by atoms with Crippen LogP contribution in [0.5, 0.6) is 0 Å². The molecule has 0 aliphatic rings. The summed E-state index contributed by atoms with van der Waals surface area (Å²) in [4.78, 5) is 25.7. The molecule has 0 aliphatic heterocycles. The number of para-hydroxylation sites is 1. The maximum Gasteiger partial charge on any atom is 0.292 e. The van der Waals surface area contributed by atoms with Gasteiger partial charge >= 0.3 is 0 Å². The van der Waals surface area contributed by atoms with Crippen molar-refractivity contribution in [1.82, 2.24) is 9.80 Å². The lowest BCUT2D eigenvalue weighted by Gasteiger charge is -2.20. The Morgan fingerprint density at radius 3 is 2.52 bits per heavy atom. The Kier molecular flexibility index (Phi) is 6.10. The fourth-order valence-corrected chi connectivity index (χ4v) is 1.97. The van der Waals surface area contributed by atoms with Crippen molar-refractivity contribution in [3.8, 4) is 0 Å². The molecule has 116 valence electrons. The molecule has 1 aromatic carbocycles. The van der Waals surface area contributed by atoms with Crippen LogP contribution in [-0.4, -0.2) is 54.9 Å². The van der Waals surface area contributed by atoms with E-state index in [1.54, 1.807) is 20.2 Å². The molecule has 0 aliphatic carbocycles. The number of carbonyl (C=O) groups excluding carboxylic acids is 1. The zero-order valence-electron chi connectivity index (χ0n) is 12.9. The summed E-state index contributed by atoms with van der Waals surface area (Å²) in [5.74, 6) is -0.00654. The first-order chi connectivity index (χ1) is 9.86. The third kappa shape index (κ3) is 4.71. The quantitative estimate of drug-likeness (QED) is 0.609. The minimum absolute atomic E-state index is 0.00654. The molecule has 1 rings (SSSR count). The number of benzene rings is 1. The average Bonchev–Trinajstić information content (AvgIpc) is 2.40. The van der Waals surface area contributed by atoms with E-state index in [1.165, 1.54) is 11.0 Å². The molecule has 0 heterocycles. The van der Waals surface area contributed by atoms with Crippen molar-refractivity contribution in [3.05, 3.63) is 33.9 Å². The van der Waals surface area contributed by atoms with Crippen molar-refractivity contribution >= 4 is 17.3 Å². The summed E-state index contributed by atoms with van der Waals surface area (Å²) in [6, 6.07) is 4.98. The molecule has 1 amide bonds. The SMILES string of the molecule is CCNc1c(CN(C)CC(=O)N(C)C)cccc1[N+](=O)[O-]. The van der Waals surface area contributed by atoms with Crippen LogP contribution in [0.1, 0.15) is 12.5 Å². The van der Waals surface area contributed by atoms with E-state index >= 15 is 0 Å². The zero-order valence-corrected chi connectivity index (χ0v) is 12.9. The maximum absolute atomic E-state index is 11.7. The van der Waals surface area contributed by atoms with Crippen molar-refractivity contribution in [2.75, 3.05) is 39.5 Å². The number of nitro benzene ring substituents is 1. The number of hydrogen-bond acceptors (Lipinski definition) is 5. The van der Waals surface area contributed by atoms with Gasteiger partial charge in [0, 0.05) is 33.3 Å². The van der Waals surface area contributed by atoms with Gasteiger partial charge in [0.25, 0.3) is 5.69 Å². The second kappa shape index (κ2) is 7.58. The van der Waals surface area contributed by atoms with Crippen molar-refractivity contribution < 1.29 is 9.72 Å². The second-order valence-electron chi connectivity index (χ2n) is 5.06. The van der Waals surface area contributed by atoms with Gasteiger partial charge in [-0.2, -0.15) is 0 Å². The highest BCUT2D eigenvalue weighted by Gasteiger charge is 2.18. The largest absolute Gasteiger partial charge is 0.380 e. The number of rotatable bonds is 7. The average molecular weight is 294 g/mol. The van der Waals surface area contributed by atoms with Crippen LogP contribution in [0.3, 0.4) is 0 Å². The summed E-state index contributed by atoms with van der Waals surface area (Å²) in [6.45, 7) is 3.21. The van der Waals surface area contributed by atoms with Gasteiger partial charge in [-0.15, -0.1) is 0 Å². The Bertz CT molecular complexity index is 517. The van der Waals surface area contributed by atoms with E-state index in [0.717, 1.165) is 5.56 Å². The summed E-state index contributed by atoms with van der Waals surface area (Å²) >= 11 is 0. The van der Waals surface area contributed by atoms with Crippen molar-refractivity contribution in [1.29, 1.82) is 0 Å². The van der Waals surface area contributed by atoms with Crippen LogP contribution in [0.25, 0.3) is 0 Å². The fraction of sp³-hybridized carbons (Fsp3) is 0.500. The molecular weight excluding hydrogens is 272 g/mol. The second-order valence-corrected chi connectivity index (χ2v) is 5.06. The Balaban J connectivity index is 2.94. The molecule has 0 bridgehead atoms. The van der Waals surface area contributed by atoms with Gasteiger partial charge in [0.1, 0.15) is 5.69 Å². The van der Waals surface area contributed by atoms with Gasteiger partial charge in [0.05, 0.1) is 11.5 Å². The monoisotopic (exact) mass is 294 g/mol. The number of amides is 1. The first-order valence-corrected chi connectivity index (χ1v) is 6.75. The summed E-state index contributed by atoms with van der Waals surface area (Å²) in [7, 11) is 5.22. The van der Waals surface area contributed by atoms with Crippen molar-refractivity contribution in [3.63, 3.8) is 0 Å². The van der Waals surface area contributed by atoms with Crippen LogP contribution in [-0.2, 0) is 11.3 Å². The van der Waals surface area contributed by atoms with Crippen molar-refractivity contribution in [2.45, 2.75) is 13.5 Å². The molecular formula is C14H22N4O3. The van der Waals surface area contributed by atoms with Gasteiger partial charge in [-0.05, 0) is 19.5 Å². The molecule has 0 fully saturated rings. The highest BCUT2D eigenvalue weighted by molar-refractivity contribution is 5.77. The number of likely N-dealkylation sites (N-methyl/N-ethyl adjacent to an activating group) is 2. The molecule has 0 unspecified atom stereocenters. The predicted octanol–water partition coefficient (Wildman–Crippen LogP) is 1.55. The topological polar surface area (TPSA) is 78.7 Å². The molecule has 1 N–H and O–H groups in total. The van der Waals surface area contributed by atoms with Crippen LogP contribution in [0, 0.1) is 10.1 Å². The van der Waals surface area contributed by atoms with Crippen molar-refractivity contribution in [2.24, 2.45) is 0 Å². The first-order valence-electron chi connectivity index (χ1n) is 6.75. The lowest BCUT2D eigenvalue weighted by molar-refractivity contribution is -0.384. The highest BCUT2D eigenvalue weighted by Crippen LogP contribution is 2.28. The number of carbonyl (C=O) groups is 1. The maximum atomic E-state index is 11.7. The van der Waals surface area contributed by atoms with E-state index in [9.17, 15) is 14.9 Å². The van der Waals surface area contributed by atoms with Gasteiger partial charge in [-0.1, -0.05) is 12.1 Å². The van der Waals surface area contributed by atoms with E-state index in [0.29, 0.717) is 18.8 Å². The third-order valence-electron chi connectivity index (χ3n) is 3.02. The molecule has 0 saturated heterocycles. The van der Waals surface area contributed by atoms with E-state index in [1.807, 2.05) is 24.9 Å². The number of nitrogens with one attached hydrogen (secondary N) is 1. The summed E-state index contributed by atoms with van der Waals surface area (Å²) < 4.78 is 0. The van der Waals surface area contributed by atoms with Crippen LogP contribution < -0.4 is 5.32 Å².